The van der Waals surface area contributed by atoms with Crippen molar-refractivity contribution in [2.24, 2.45) is 7.05 Å². The Hall–Kier alpha value is -1.89. The van der Waals surface area contributed by atoms with Gasteiger partial charge >= 0.3 is 6.18 Å². The monoisotopic (exact) mass is 326 g/mol. The van der Waals surface area contributed by atoms with Gasteiger partial charge in [0.05, 0.1) is 5.69 Å². The highest BCUT2D eigenvalue weighted by Gasteiger charge is 2.39. The molecule has 2 aromatic heterocycles. The summed E-state index contributed by atoms with van der Waals surface area (Å²) in [4.78, 5) is 3.83. The van der Waals surface area contributed by atoms with Gasteiger partial charge in [0.1, 0.15) is 6.04 Å². The topological polar surface area (TPSA) is 42.7 Å². The van der Waals surface area contributed by atoms with E-state index in [2.05, 4.69) is 15.4 Å². The molecule has 2 rings (SSSR count). The number of alkyl halides is 3. The lowest BCUT2D eigenvalue weighted by atomic mass is 10.1. The van der Waals surface area contributed by atoms with Gasteiger partial charge < -0.3 is 5.32 Å². The fourth-order valence-electron chi connectivity index (χ4n) is 2.61. The standard InChI is InChI=1S/C16H21F3N4/c1-11-14(12(2)23(3)22-11)6-9-21-15(16(17,18)19)10-13-4-7-20-8-5-13/h4-5,7-8,15,21H,6,9-10H2,1-3H3. The molecule has 0 aliphatic rings. The molecule has 126 valence electrons. The zero-order chi connectivity index (χ0) is 17.0. The van der Waals surface area contributed by atoms with Crippen molar-refractivity contribution < 1.29 is 13.2 Å². The van der Waals surface area contributed by atoms with Gasteiger partial charge in [-0.1, -0.05) is 0 Å². The van der Waals surface area contributed by atoms with E-state index >= 15 is 0 Å². The van der Waals surface area contributed by atoms with E-state index in [0.29, 0.717) is 12.0 Å². The third-order valence-corrected chi connectivity index (χ3v) is 4.01. The lowest BCUT2D eigenvalue weighted by Crippen LogP contribution is -2.44. The highest BCUT2D eigenvalue weighted by atomic mass is 19.4. The first-order valence-electron chi connectivity index (χ1n) is 7.47. The molecular weight excluding hydrogens is 305 g/mol. The summed E-state index contributed by atoms with van der Waals surface area (Å²) in [7, 11) is 1.83. The van der Waals surface area contributed by atoms with Crippen LogP contribution in [-0.2, 0) is 19.9 Å². The molecule has 0 spiro atoms. The molecule has 1 atom stereocenters. The van der Waals surface area contributed by atoms with Gasteiger partial charge in [-0.15, -0.1) is 0 Å². The highest BCUT2D eigenvalue weighted by Crippen LogP contribution is 2.23. The van der Waals surface area contributed by atoms with Crippen molar-refractivity contribution >= 4 is 0 Å². The zero-order valence-corrected chi connectivity index (χ0v) is 13.5. The number of rotatable bonds is 6. The second-order valence-corrected chi connectivity index (χ2v) is 5.63. The van der Waals surface area contributed by atoms with Gasteiger partial charge in [-0.25, -0.2) is 0 Å². The lowest BCUT2D eigenvalue weighted by Gasteiger charge is -2.22. The summed E-state index contributed by atoms with van der Waals surface area (Å²) >= 11 is 0. The SMILES string of the molecule is Cc1nn(C)c(C)c1CCNC(Cc1ccncc1)C(F)(F)F. The maximum Gasteiger partial charge on any atom is 0.404 e. The van der Waals surface area contributed by atoms with E-state index in [0.717, 1.165) is 17.0 Å². The normalized spacial score (nSPS) is 13.3. The third kappa shape index (κ3) is 4.54. The van der Waals surface area contributed by atoms with Crippen LogP contribution in [0.1, 0.15) is 22.5 Å². The number of halogens is 3. The van der Waals surface area contributed by atoms with Crippen LogP contribution in [0, 0.1) is 13.8 Å². The highest BCUT2D eigenvalue weighted by molar-refractivity contribution is 5.24. The van der Waals surface area contributed by atoms with Crippen LogP contribution in [0.5, 0.6) is 0 Å². The molecule has 2 aromatic rings. The van der Waals surface area contributed by atoms with Gasteiger partial charge in [-0.2, -0.15) is 18.3 Å². The molecule has 0 aliphatic carbocycles. The average Bonchev–Trinajstić information content (AvgIpc) is 2.72. The first-order chi connectivity index (χ1) is 10.8. The van der Waals surface area contributed by atoms with Gasteiger partial charge in [0.15, 0.2) is 0 Å². The first kappa shape index (κ1) is 17.5. The number of nitrogens with zero attached hydrogens (tertiary/aromatic N) is 3. The molecule has 4 nitrogen and oxygen atoms in total. The molecule has 23 heavy (non-hydrogen) atoms. The van der Waals surface area contributed by atoms with Gasteiger partial charge in [-0.05, 0) is 56.5 Å². The predicted molar refractivity (Wildman–Crippen MR) is 82.2 cm³/mol. The molecule has 0 saturated heterocycles. The second-order valence-electron chi connectivity index (χ2n) is 5.63. The molecule has 0 radical (unpaired) electrons. The van der Waals surface area contributed by atoms with E-state index < -0.39 is 12.2 Å². The Kier molecular flexibility index (Phi) is 5.41. The molecule has 2 heterocycles. The fraction of sp³-hybridized carbons (Fsp3) is 0.500. The zero-order valence-electron chi connectivity index (χ0n) is 13.5. The maximum atomic E-state index is 13.2. The van der Waals surface area contributed by atoms with Crippen molar-refractivity contribution in [3.8, 4) is 0 Å². The van der Waals surface area contributed by atoms with Crippen molar-refractivity contribution in [3.63, 3.8) is 0 Å². The molecule has 0 bridgehead atoms. The predicted octanol–water partition coefficient (Wildman–Crippen LogP) is 2.74. The fourth-order valence-corrected chi connectivity index (χ4v) is 2.61. The Labute approximate surface area is 133 Å². The van der Waals surface area contributed by atoms with Gasteiger partial charge in [0.25, 0.3) is 0 Å². The third-order valence-electron chi connectivity index (χ3n) is 4.01. The molecule has 1 N–H and O–H groups in total. The van der Waals surface area contributed by atoms with Gasteiger partial charge in [-0.3, -0.25) is 9.67 Å². The number of hydrogen-bond acceptors (Lipinski definition) is 3. The molecule has 0 aromatic carbocycles. The summed E-state index contributed by atoms with van der Waals surface area (Å²) < 4.78 is 41.4. The van der Waals surface area contributed by atoms with Gasteiger partial charge in [0.2, 0.25) is 0 Å². The molecule has 0 fully saturated rings. The number of aromatic nitrogens is 3. The molecule has 0 saturated carbocycles. The van der Waals surface area contributed by atoms with Gasteiger partial charge in [0, 0.05) is 25.1 Å². The molecular formula is C16H21F3N4. The molecule has 1 unspecified atom stereocenters. The van der Waals surface area contributed by atoms with Crippen LogP contribution < -0.4 is 5.32 Å². The summed E-state index contributed by atoms with van der Waals surface area (Å²) in [6.07, 6.45) is -0.857. The van der Waals surface area contributed by atoms with Crippen LogP contribution in [-0.4, -0.2) is 33.5 Å². The lowest BCUT2D eigenvalue weighted by molar-refractivity contribution is -0.155. The number of aryl methyl sites for hydroxylation is 2. The average molecular weight is 326 g/mol. The van der Waals surface area contributed by atoms with Crippen molar-refractivity contribution in [1.29, 1.82) is 0 Å². The number of nitrogens with one attached hydrogen (secondary N) is 1. The van der Waals surface area contributed by atoms with E-state index in [1.165, 1.54) is 12.4 Å². The van der Waals surface area contributed by atoms with E-state index in [1.807, 2.05) is 20.9 Å². The van der Waals surface area contributed by atoms with Crippen LogP contribution in [0.2, 0.25) is 0 Å². The van der Waals surface area contributed by atoms with Crippen molar-refractivity contribution in [2.45, 2.75) is 38.9 Å². The van der Waals surface area contributed by atoms with Crippen LogP contribution in [0.15, 0.2) is 24.5 Å². The second kappa shape index (κ2) is 7.12. The summed E-state index contributed by atoms with van der Waals surface area (Å²) in [6.45, 7) is 4.05. The quantitative estimate of drug-likeness (QED) is 0.888. The minimum Gasteiger partial charge on any atom is -0.306 e. The van der Waals surface area contributed by atoms with E-state index in [9.17, 15) is 13.2 Å². The van der Waals surface area contributed by atoms with Crippen molar-refractivity contribution in [3.05, 3.63) is 47.0 Å². The largest absolute Gasteiger partial charge is 0.404 e. The van der Waals surface area contributed by atoms with E-state index in [-0.39, 0.29) is 13.0 Å². The maximum absolute atomic E-state index is 13.2. The smallest absolute Gasteiger partial charge is 0.306 e. The van der Waals surface area contributed by atoms with E-state index in [4.69, 9.17) is 0 Å². The minimum atomic E-state index is -4.29. The number of pyridine rings is 1. The molecule has 0 amide bonds. The Morgan fingerprint density at radius 3 is 2.39 bits per heavy atom. The summed E-state index contributed by atoms with van der Waals surface area (Å²) in [5, 5.41) is 6.92. The Bertz CT molecular complexity index is 635. The summed E-state index contributed by atoms with van der Waals surface area (Å²) in [5.74, 6) is 0. The Balaban J connectivity index is 1.99. The van der Waals surface area contributed by atoms with Crippen molar-refractivity contribution in [1.82, 2.24) is 20.1 Å². The van der Waals surface area contributed by atoms with Crippen LogP contribution in [0.25, 0.3) is 0 Å². The summed E-state index contributed by atoms with van der Waals surface area (Å²) in [5.41, 5.74) is 3.47. The first-order valence-corrected chi connectivity index (χ1v) is 7.47. The summed E-state index contributed by atoms with van der Waals surface area (Å²) in [6, 6.07) is 1.65. The van der Waals surface area contributed by atoms with Crippen LogP contribution >= 0.6 is 0 Å². The number of hydrogen-bond donors (Lipinski definition) is 1. The molecule has 7 heteroatoms. The minimum absolute atomic E-state index is 0.100. The van der Waals surface area contributed by atoms with E-state index in [1.54, 1.807) is 16.8 Å². The molecule has 0 aliphatic heterocycles. The van der Waals surface area contributed by atoms with Crippen LogP contribution in [0.3, 0.4) is 0 Å². The Morgan fingerprint density at radius 1 is 1.22 bits per heavy atom. The van der Waals surface area contributed by atoms with Crippen LogP contribution in [0.4, 0.5) is 13.2 Å². The Morgan fingerprint density at radius 2 is 1.87 bits per heavy atom. The van der Waals surface area contributed by atoms with Crippen molar-refractivity contribution in [2.75, 3.05) is 6.54 Å².